The highest BCUT2D eigenvalue weighted by Gasteiger charge is 2.36. The standard InChI is InChI=1S/C14H18N2O4/c1-9-3-2-4-10(5-9)15-13(18)8-16-7-11(17)6-12(16)14(19)20/h2-5,11-12,17H,6-8H2,1H3,(H,15,18)(H,19,20). The Kier molecular flexibility index (Phi) is 4.36. The van der Waals surface area contributed by atoms with Crippen molar-refractivity contribution in [2.75, 3.05) is 18.4 Å². The van der Waals surface area contributed by atoms with Crippen LogP contribution in [0, 0.1) is 6.92 Å². The van der Waals surface area contributed by atoms with Crippen LogP contribution in [0.15, 0.2) is 24.3 Å². The van der Waals surface area contributed by atoms with Gasteiger partial charge < -0.3 is 15.5 Å². The maximum Gasteiger partial charge on any atom is 0.321 e. The fourth-order valence-corrected chi connectivity index (χ4v) is 2.42. The summed E-state index contributed by atoms with van der Waals surface area (Å²) in [4.78, 5) is 24.5. The second-order valence-electron chi connectivity index (χ2n) is 5.09. The summed E-state index contributed by atoms with van der Waals surface area (Å²) < 4.78 is 0. The second kappa shape index (κ2) is 6.02. The van der Waals surface area contributed by atoms with Crippen molar-refractivity contribution >= 4 is 17.6 Å². The van der Waals surface area contributed by atoms with Gasteiger partial charge in [0.15, 0.2) is 0 Å². The first-order valence-corrected chi connectivity index (χ1v) is 6.47. The molecule has 6 nitrogen and oxygen atoms in total. The third-order valence-electron chi connectivity index (χ3n) is 3.31. The van der Waals surface area contributed by atoms with E-state index >= 15 is 0 Å². The Balaban J connectivity index is 1.95. The van der Waals surface area contributed by atoms with Crippen molar-refractivity contribution in [3.05, 3.63) is 29.8 Å². The number of aliphatic hydroxyl groups is 1. The van der Waals surface area contributed by atoms with Crippen LogP contribution in [0.2, 0.25) is 0 Å². The second-order valence-corrected chi connectivity index (χ2v) is 5.09. The summed E-state index contributed by atoms with van der Waals surface area (Å²) in [5, 5.41) is 21.3. The first-order chi connectivity index (χ1) is 9.45. The van der Waals surface area contributed by atoms with E-state index in [2.05, 4.69) is 5.32 Å². The molecule has 0 spiro atoms. The zero-order valence-electron chi connectivity index (χ0n) is 11.2. The van der Waals surface area contributed by atoms with E-state index in [9.17, 15) is 14.7 Å². The number of aliphatic carboxylic acids is 1. The number of anilines is 1. The average molecular weight is 278 g/mol. The number of carboxylic acid groups (broad SMARTS) is 1. The number of benzene rings is 1. The first kappa shape index (κ1) is 14.5. The number of carbonyl (C=O) groups is 2. The SMILES string of the molecule is Cc1cccc(NC(=O)CN2CC(O)CC2C(=O)O)c1. The first-order valence-electron chi connectivity index (χ1n) is 6.47. The normalized spacial score (nSPS) is 22.7. The number of carboxylic acids is 1. The zero-order valence-corrected chi connectivity index (χ0v) is 11.2. The Bertz CT molecular complexity index is 518. The predicted molar refractivity (Wildman–Crippen MR) is 73.4 cm³/mol. The van der Waals surface area contributed by atoms with Crippen LogP contribution in [0.3, 0.4) is 0 Å². The molecule has 108 valence electrons. The van der Waals surface area contributed by atoms with Gasteiger partial charge in [-0.1, -0.05) is 12.1 Å². The molecular formula is C14H18N2O4. The molecule has 0 aromatic heterocycles. The van der Waals surface area contributed by atoms with Crippen molar-refractivity contribution in [2.24, 2.45) is 0 Å². The molecular weight excluding hydrogens is 260 g/mol. The van der Waals surface area contributed by atoms with Gasteiger partial charge in [0, 0.05) is 18.7 Å². The van der Waals surface area contributed by atoms with Crippen molar-refractivity contribution in [2.45, 2.75) is 25.5 Å². The van der Waals surface area contributed by atoms with Crippen LogP contribution in [0.25, 0.3) is 0 Å². The van der Waals surface area contributed by atoms with Crippen molar-refractivity contribution < 1.29 is 19.8 Å². The van der Waals surface area contributed by atoms with Gasteiger partial charge in [0.1, 0.15) is 6.04 Å². The minimum absolute atomic E-state index is 0.0397. The zero-order chi connectivity index (χ0) is 14.7. The molecule has 0 radical (unpaired) electrons. The fraction of sp³-hybridized carbons (Fsp3) is 0.429. The van der Waals surface area contributed by atoms with E-state index in [1.807, 2.05) is 25.1 Å². The Labute approximate surface area is 117 Å². The molecule has 0 aliphatic carbocycles. The molecule has 2 rings (SSSR count). The van der Waals surface area contributed by atoms with Crippen LogP contribution >= 0.6 is 0 Å². The Hall–Kier alpha value is -1.92. The number of rotatable bonds is 4. The molecule has 1 aromatic rings. The van der Waals surface area contributed by atoms with E-state index in [1.165, 1.54) is 4.90 Å². The summed E-state index contributed by atoms with van der Waals surface area (Å²) in [6, 6.07) is 6.58. The number of hydrogen-bond acceptors (Lipinski definition) is 4. The predicted octanol–water partition coefficient (Wildman–Crippen LogP) is 0.453. The van der Waals surface area contributed by atoms with Crippen molar-refractivity contribution in [1.29, 1.82) is 0 Å². The molecule has 1 aliphatic rings. The highest BCUT2D eigenvalue weighted by molar-refractivity contribution is 5.92. The molecule has 2 atom stereocenters. The number of nitrogens with one attached hydrogen (secondary N) is 1. The van der Waals surface area contributed by atoms with E-state index in [4.69, 9.17) is 5.11 Å². The number of carbonyl (C=O) groups excluding carboxylic acids is 1. The van der Waals surface area contributed by atoms with Crippen molar-refractivity contribution in [1.82, 2.24) is 4.90 Å². The number of amides is 1. The highest BCUT2D eigenvalue weighted by atomic mass is 16.4. The molecule has 20 heavy (non-hydrogen) atoms. The molecule has 1 saturated heterocycles. The summed E-state index contributed by atoms with van der Waals surface area (Å²) in [5.74, 6) is -1.29. The molecule has 1 aliphatic heterocycles. The fourth-order valence-electron chi connectivity index (χ4n) is 2.42. The monoisotopic (exact) mass is 278 g/mol. The third-order valence-corrected chi connectivity index (χ3v) is 3.31. The van der Waals surface area contributed by atoms with Gasteiger partial charge in [0.25, 0.3) is 0 Å². The van der Waals surface area contributed by atoms with Gasteiger partial charge in [-0.2, -0.15) is 0 Å². The number of hydrogen-bond donors (Lipinski definition) is 3. The molecule has 1 fully saturated rings. The van der Waals surface area contributed by atoms with E-state index < -0.39 is 18.1 Å². The quantitative estimate of drug-likeness (QED) is 0.744. The Morgan fingerprint density at radius 3 is 2.85 bits per heavy atom. The lowest BCUT2D eigenvalue weighted by Gasteiger charge is -2.20. The maximum atomic E-state index is 11.9. The van der Waals surface area contributed by atoms with Crippen LogP contribution in [0.1, 0.15) is 12.0 Å². The summed E-state index contributed by atoms with van der Waals surface area (Å²) in [6.07, 6.45) is -0.532. The maximum absolute atomic E-state index is 11.9. The largest absolute Gasteiger partial charge is 0.480 e. The van der Waals surface area contributed by atoms with Crippen molar-refractivity contribution in [3.8, 4) is 0 Å². The molecule has 0 saturated carbocycles. The third kappa shape index (κ3) is 3.55. The van der Waals surface area contributed by atoms with Crippen LogP contribution in [0.4, 0.5) is 5.69 Å². The molecule has 6 heteroatoms. The topological polar surface area (TPSA) is 89.9 Å². The minimum Gasteiger partial charge on any atom is -0.480 e. The summed E-state index contributed by atoms with van der Waals surface area (Å²) in [5.41, 5.74) is 1.71. The lowest BCUT2D eigenvalue weighted by atomic mass is 10.2. The summed E-state index contributed by atoms with van der Waals surface area (Å²) in [6.45, 7) is 2.09. The van der Waals surface area contributed by atoms with E-state index in [1.54, 1.807) is 6.07 Å². The Morgan fingerprint density at radius 2 is 2.20 bits per heavy atom. The summed E-state index contributed by atoms with van der Waals surface area (Å²) >= 11 is 0. The molecule has 1 heterocycles. The number of nitrogens with zero attached hydrogens (tertiary/aromatic N) is 1. The van der Waals surface area contributed by atoms with Gasteiger partial charge in [-0.05, 0) is 24.6 Å². The number of β-amino-alcohol motifs (C(OH)–C–C–N with tert-alkyl or cyclic N) is 1. The lowest BCUT2D eigenvalue weighted by molar-refractivity contribution is -0.142. The van der Waals surface area contributed by atoms with Crippen molar-refractivity contribution in [3.63, 3.8) is 0 Å². The number of likely N-dealkylation sites (tertiary alicyclic amines) is 1. The molecule has 3 N–H and O–H groups in total. The molecule has 0 bridgehead atoms. The lowest BCUT2D eigenvalue weighted by Crippen LogP contribution is -2.41. The van der Waals surface area contributed by atoms with Gasteiger partial charge in [-0.25, -0.2) is 0 Å². The van der Waals surface area contributed by atoms with Crippen LogP contribution in [-0.4, -0.2) is 52.2 Å². The molecule has 2 unspecified atom stereocenters. The minimum atomic E-state index is -1.01. The average Bonchev–Trinajstić information content (AvgIpc) is 2.70. The van der Waals surface area contributed by atoms with E-state index in [0.29, 0.717) is 5.69 Å². The summed E-state index contributed by atoms with van der Waals surface area (Å²) in [7, 11) is 0. The Morgan fingerprint density at radius 1 is 1.45 bits per heavy atom. The van der Waals surface area contributed by atoms with E-state index in [-0.39, 0.29) is 25.4 Å². The van der Waals surface area contributed by atoms with Gasteiger partial charge in [-0.3, -0.25) is 14.5 Å². The van der Waals surface area contributed by atoms with Crippen LogP contribution in [-0.2, 0) is 9.59 Å². The number of aliphatic hydroxyl groups excluding tert-OH is 1. The van der Waals surface area contributed by atoms with Gasteiger partial charge in [0.2, 0.25) is 5.91 Å². The van der Waals surface area contributed by atoms with Gasteiger partial charge >= 0.3 is 5.97 Å². The van der Waals surface area contributed by atoms with Crippen LogP contribution < -0.4 is 5.32 Å². The van der Waals surface area contributed by atoms with Crippen LogP contribution in [0.5, 0.6) is 0 Å². The smallest absolute Gasteiger partial charge is 0.321 e. The van der Waals surface area contributed by atoms with Gasteiger partial charge in [0.05, 0.1) is 12.6 Å². The molecule has 1 aromatic carbocycles. The molecule has 1 amide bonds. The number of aryl methyl sites for hydroxylation is 1. The van der Waals surface area contributed by atoms with E-state index in [0.717, 1.165) is 5.56 Å². The highest BCUT2D eigenvalue weighted by Crippen LogP contribution is 2.18. The van der Waals surface area contributed by atoms with Gasteiger partial charge in [-0.15, -0.1) is 0 Å².